The Kier molecular flexibility index (Phi) is 3.19. The molecule has 0 amide bonds. The number of pyridine rings is 1. The van der Waals surface area contributed by atoms with E-state index in [2.05, 4.69) is 41.3 Å². The molecule has 0 bridgehead atoms. The molecule has 4 heteroatoms. The number of aryl methyl sites for hydroxylation is 2. The predicted molar refractivity (Wildman–Crippen MR) is 67.9 cm³/mol. The molecule has 2 heterocycles. The average molecular weight is 233 g/mol. The van der Waals surface area contributed by atoms with Gasteiger partial charge in [0.1, 0.15) is 5.82 Å². The smallest absolute Gasteiger partial charge is 0.126 e. The lowest BCUT2D eigenvalue weighted by Gasteiger charge is -2.13. The number of nitrogens with zero attached hydrogens (tertiary/aromatic N) is 2. The second-order valence-electron chi connectivity index (χ2n) is 3.94. The van der Waals surface area contributed by atoms with Crippen LogP contribution in [0.2, 0.25) is 0 Å². The minimum atomic E-state index is 0.251. The van der Waals surface area contributed by atoms with Gasteiger partial charge in [-0.15, -0.1) is 11.3 Å². The van der Waals surface area contributed by atoms with E-state index in [1.807, 2.05) is 18.6 Å². The fourth-order valence-corrected chi connectivity index (χ4v) is 2.28. The van der Waals surface area contributed by atoms with Crippen LogP contribution in [0.5, 0.6) is 0 Å². The van der Waals surface area contributed by atoms with Gasteiger partial charge in [0.2, 0.25) is 0 Å². The van der Waals surface area contributed by atoms with Crippen molar-refractivity contribution in [3.05, 3.63) is 40.0 Å². The second-order valence-corrected chi connectivity index (χ2v) is 4.86. The summed E-state index contributed by atoms with van der Waals surface area (Å²) in [6, 6.07) is 4.38. The third kappa shape index (κ3) is 2.58. The Bertz CT molecular complexity index is 445. The normalized spacial score (nSPS) is 12.4. The molecule has 2 aromatic heterocycles. The summed E-state index contributed by atoms with van der Waals surface area (Å²) in [7, 11) is 0. The van der Waals surface area contributed by atoms with Gasteiger partial charge in [-0.2, -0.15) is 0 Å². The molecule has 0 spiro atoms. The molecule has 3 nitrogen and oxygen atoms in total. The number of anilines is 1. The second kappa shape index (κ2) is 4.61. The molecule has 16 heavy (non-hydrogen) atoms. The Morgan fingerprint density at radius 1 is 1.31 bits per heavy atom. The van der Waals surface area contributed by atoms with Crippen molar-refractivity contribution in [2.24, 2.45) is 0 Å². The Morgan fingerprint density at radius 3 is 2.75 bits per heavy atom. The van der Waals surface area contributed by atoms with Crippen molar-refractivity contribution in [1.29, 1.82) is 0 Å². The van der Waals surface area contributed by atoms with Crippen molar-refractivity contribution in [1.82, 2.24) is 9.97 Å². The van der Waals surface area contributed by atoms with E-state index in [9.17, 15) is 0 Å². The summed E-state index contributed by atoms with van der Waals surface area (Å²) in [6.45, 7) is 6.21. The van der Waals surface area contributed by atoms with Gasteiger partial charge >= 0.3 is 0 Å². The van der Waals surface area contributed by atoms with E-state index in [1.54, 1.807) is 11.3 Å². The van der Waals surface area contributed by atoms with Gasteiger partial charge in [0.25, 0.3) is 0 Å². The van der Waals surface area contributed by atoms with E-state index in [0.717, 1.165) is 11.5 Å². The first-order chi connectivity index (χ1) is 7.65. The molecule has 1 atom stereocenters. The highest BCUT2D eigenvalue weighted by atomic mass is 32.1. The molecule has 1 N–H and O–H groups in total. The van der Waals surface area contributed by atoms with Crippen molar-refractivity contribution >= 4 is 17.2 Å². The van der Waals surface area contributed by atoms with Crippen LogP contribution in [-0.4, -0.2) is 9.97 Å². The maximum atomic E-state index is 4.46. The molecule has 0 aliphatic carbocycles. The first-order valence-electron chi connectivity index (χ1n) is 5.25. The monoisotopic (exact) mass is 233 g/mol. The number of thiazole rings is 1. The zero-order chi connectivity index (χ0) is 11.5. The quantitative estimate of drug-likeness (QED) is 0.883. The summed E-state index contributed by atoms with van der Waals surface area (Å²) in [5.41, 5.74) is 4.12. The summed E-state index contributed by atoms with van der Waals surface area (Å²) in [5.74, 6) is 0.929. The maximum absolute atomic E-state index is 4.46. The third-order valence-electron chi connectivity index (χ3n) is 2.34. The van der Waals surface area contributed by atoms with Crippen LogP contribution in [0.4, 0.5) is 5.82 Å². The molecule has 0 aliphatic heterocycles. The number of hydrogen-bond acceptors (Lipinski definition) is 4. The summed E-state index contributed by atoms with van der Waals surface area (Å²) in [5, 5.41) is 3.39. The Balaban J connectivity index is 2.15. The lowest BCUT2D eigenvalue weighted by Crippen LogP contribution is -2.07. The zero-order valence-corrected chi connectivity index (χ0v) is 10.5. The molecule has 84 valence electrons. The molecule has 2 rings (SSSR count). The lowest BCUT2D eigenvalue weighted by atomic mass is 10.2. The first-order valence-corrected chi connectivity index (χ1v) is 6.13. The van der Waals surface area contributed by atoms with E-state index >= 15 is 0 Å². The predicted octanol–water partition coefficient (Wildman–Crippen LogP) is 3.33. The van der Waals surface area contributed by atoms with E-state index < -0.39 is 0 Å². The zero-order valence-electron chi connectivity index (χ0n) is 9.69. The average Bonchev–Trinajstić information content (AvgIpc) is 2.68. The van der Waals surface area contributed by atoms with Crippen LogP contribution in [-0.2, 0) is 0 Å². The summed E-state index contributed by atoms with van der Waals surface area (Å²) >= 11 is 1.66. The van der Waals surface area contributed by atoms with Crippen molar-refractivity contribution in [2.75, 3.05) is 5.32 Å². The van der Waals surface area contributed by atoms with Crippen LogP contribution in [0, 0.1) is 13.8 Å². The standard InChI is InChI=1S/C12H15N3S/c1-8-4-9(2)14-12(5-8)15-10(3)11-6-13-7-16-11/h4-7,10H,1-3H3,(H,14,15). The van der Waals surface area contributed by atoms with Crippen molar-refractivity contribution in [3.8, 4) is 0 Å². The van der Waals surface area contributed by atoms with Crippen molar-refractivity contribution < 1.29 is 0 Å². The highest BCUT2D eigenvalue weighted by Gasteiger charge is 2.07. The minimum Gasteiger partial charge on any atom is -0.363 e. The third-order valence-corrected chi connectivity index (χ3v) is 3.30. The number of rotatable bonds is 3. The largest absolute Gasteiger partial charge is 0.363 e. The van der Waals surface area contributed by atoms with Crippen molar-refractivity contribution in [3.63, 3.8) is 0 Å². The van der Waals surface area contributed by atoms with Gasteiger partial charge in [-0.05, 0) is 38.5 Å². The Hall–Kier alpha value is -1.42. The van der Waals surface area contributed by atoms with Gasteiger partial charge in [-0.25, -0.2) is 4.98 Å². The fourth-order valence-electron chi connectivity index (χ4n) is 1.65. The molecule has 0 saturated carbocycles. The topological polar surface area (TPSA) is 37.8 Å². The van der Waals surface area contributed by atoms with Gasteiger partial charge in [0.15, 0.2) is 0 Å². The molecule has 0 saturated heterocycles. The van der Waals surface area contributed by atoms with Gasteiger partial charge in [0, 0.05) is 16.8 Å². The summed E-state index contributed by atoms with van der Waals surface area (Å²) in [4.78, 5) is 9.76. The van der Waals surface area contributed by atoms with E-state index in [1.165, 1.54) is 10.4 Å². The molecular formula is C12H15N3S. The van der Waals surface area contributed by atoms with Crippen molar-refractivity contribution in [2.45, 2.75) is 26.8 Å². The van der Waals surface area contributed by atoms with Gasteiger partial charge in [-0.1, -0.05) is 0 Å². The summed E-state index contributed by atoms with van der Waals surface area (Å²) < 4.78 is 0. The van der Waals surface area contributed by atoms with Gasteiger partial charge < -0.3 is 5.32 Å². The summed E-state index contributed by atoms with van der Waals surface area (Å²) in [6.07, 6.45) is 1.89. The molecule has 0 aromatic carbocycles. The van der Waals surface area contributed by atoms with Gasteiger partial charge in [0.05, 0.1) is 11.6 Å². The molecular weight excluding hydrogens is 218 g/mol. The van der Waals surface area contributed by atoms with Gasteiger partial charge in [-0.3, -0.25) is 4.98 Å². The first kappa shape index (κ1) is 11.1. The van der Waals surface area contributed by atoms with Crippen LogP contribution in [0.3, 0.4) is 0 Å². The number of aromatic nitrogens is 2. The minimum absolute atomic E-state index is 0.251. The number of nitrogens with one attached hydrogen (secondary N) is 1. The molecule has 1 unspecified atom stereocenters. The van der Waals surface area contributed by atoms with Crippen LogP contribution in [0.1, 0.15) is 29.1 Å². The van der Waals surface area contributed by atoms with Crippen LogP contribution < -0.4 is 5.32 Å². The molecule has 0 aliphatic rings. The fraction of sp³-hybridized carbons (Fsp3) is 0.333. The lowest BCUT2D eigenvalue weighted by molar-refractivity contribution is 0.889. The van der Waals surface area contributed by atoms with Crippen LogP contribution in [0.25, 0.3) is 0 Å². The van der Waals surface area contributed by atoms with Crippen LogP contribution >= 0.6 is 11.3 Å². The Labute approximate surface area is 99.6 Å². The van der Waals surface area contributed by atoms with E-state index in [0.29, 0.717) is 0 Å². The SMILES string of the molecule is Cc1cc(C)nc(NC(C)c2cncs2)c1. The molecule has 2 aromatic rings. The maximum Gasteiger partial charge on any atom is 0.126 e. The van der Waals surface area contributed by atoms with E-state index in [-0.39, 0.29) is 6.04 Å². The molecule has 0 radical (unpaired) electrons. The highest BCUT2D eigenvalue weighted by molar-refractivity contribution is 7.09. The molecule has 0 fully saturated rings. The Morgan fingerprint density at radius 2 is 2.12 bits per heavy atom. The van der Waals surface area contributed by atoms with E-state index in [4.69, 9.17) is 0 Å². The van der Waals surface area contributed by atoms with Crippen LogP contribution in [0.15, 0.2) is 23.8 Å². The number of hydrogen-bond donors (Lipinski definition) is 1. The highest BCUT2D eigenvalue weighted by Crippen LogP contribution is 2.21.